The van der Waals surface area contributed by atoms with Crippen molar-refractivity contribution in [2.45, 2.75) is 70.6 Å². The highest BCUT2D eigenvalue weighted by atomic mass is 16.7. The Morgan fingerprint density at radius 2 is 1.80 bits per heavy atom. The Labute approximate surface area is 205 Å². The third kappa shape index (κ3) is 8.27. The summed E-state index contributed by atoms with van der Waals surface area (Å²) in [4.78, 5) is 41.2. The molecule has 3 rings (SSSR count). The molecule has 1 aromatic carbocycles. The highest BCUT2D eigenvalue weighted by Gasteiger charge is 2.43. The number of aromatic nitrogens is 2. The van der Waals surface area contributed by atoms with Crippen molar-refractivity contribution in [3.63, 3.8) is 0 Å². The molecule has 0 unspecified atom stereocenters. The first-order valence-electron chi connectivity index (χ1n) is 11.7. The van der Waals surface area contributed by atoms with E-state index in [1.54, 1.807) is 39.4 Å². The molecule has 35 heavy (non-hydrogen) atoms. The van der Waals surface area contributed by atoms with Gasteiger partial charge in [-0.1, -0.05) is 43.5 Å². The molecule has 1 saturated carbocycles. The number of ether oxygens (including phenoxy) is 3. The van der Waals surface area contributed by atoms with Gasteiger partial charge in [-0.25, -0.2) is 19.4 Å². The number of hydrogen-bond acceptors (Lipinski definition) is 7. The van der Waals surface area contributed by atoms with E-state index in [0.29, 0.717) is 19.4 Å². The second-order valence-electron chi connectivity index (χ2n) is 9.59. The van der Waals surface area contributed by atoms with E-state index in [9.17, 15) is 14.4 Å². The maximum atomic E-state index is 12.8. The maximum absolute atomic E-state index is 12.8. The van der Waals surface area contributed by atoms with Crippen molar-refractivity contribution in [2.24, 2.45) is 0 Å². The topological polar surface area (TPSA) is 109 Å². The van der Waals surface area contributed by atoms with Crippen LogP contribution in [0, 0.1) is 0 Å². The number of carbonyl (C=O) groups excluding carboxylic acids is 3. The molecule has 0 spiro atoms. The SMILES string of the molecule is CC(C)(C)OC(=O)NC1(C(=O)OCOC(=O)/C=C/c2ccc(Cn3ccnc3)cc2)CCCCC1. The number of nitrogens with zero attached hydrogens (tertiary/aromatic N) is 2. The molecule has 1 fully saturated rings. The molecular formula is C26H33N3O6. The van der Waals surface area contributed by atoms with Crippen LogP contribution in [0.15, 0.2) is 49.1 Å². The summed E-state index contributed by atoms with van der Waals surface area (Å²) in [5.74, 6) is -1.27. The number of rotatable bonds is 8. The molecule has 1 aliphatic rings. The fourth-order valence-corrected chi connectivity index (χ4v) is 3.85. The van der Waals surface area contributed by atoms with Crippen molar-refractivity contribution in [1.29, 1.82) is 0 Å². The molecule has 9 heteroatoms. The van der Waals surface area contributed by atoms with Gasteiger partial charge in [0.05, 0.1) is 6.33 Å². The van der Waals surface area contributed by atoms with Gasteiger partial charge < -0.3 is 24.1 Å². The van der Waals surface area contributed by atoms with Gasteiger partial charge in [0, 0.05) is 25.0 Å². The molecule has 0 atom stereocenters. The third-order valence-electron chi connectivity index (χ3n) is 5.55. The minimum atomic E-state index is -1.18. The van der Waals surface area contributed by atoms with Crippen LogP contribution < -0.4 is 5.32 Å². The van der Waals surface area contributed by atoms with Crippen LogP contribution in [0.3, 0.4) is 0 Å². The maximum Gasteiger partial charge on any atom is 0.408 e. The minimum absolute atomic E-state index is 0.440. The van der Waals surface area contributed by atoms with E-state index in [2.05, 4.69) is 10.3 Å². The lowest BCUT2D eigenvalue weighted by molar-refractivity contribution is -0.170. The molecule has 1 aromatic heterocycles. The Morgan fingerprint density at radius 3 is 2.43 bits per heavy atom. The third-order valence-corrected chi connectivity index (χ3v) is 5.55. The average molecular weight is 484 g/mol. The van der Waals surface area contributed by atoms with Crippen molar-refractivity contribution in [3.8, 4) is 0 Å². The van der Waals surface area contributed by atoms with Crippen LogP contribution in [0.2, 0.25) is 0 Å². The van der Waals surface area contributed by atoms with Crippen molar-refractivity contribution < 1.29 is 28.6 Å². The highest BCUT2D eigenvalue weighted by molar-refractivity contribution is 5.88. The summed E-state index contributed by atoms with van der Waals surface area (Å²) < 4.78 is 17.5. The van der Waals surface area contributed by atoms with Gasteiger partial charge in [0.25, 0.3) is 0 Å². The van der Waals surface area contributed by atoms with Crippen LogP contribution >= 0.6 is 0 Å². The fourth-order valence-electron chi connectivity index (χ4n) is 3.85. The van der Waals surface area contributed by atoms with Crippen molar-refractivity contribution in [3.05, 3.63) is 60.2 Å². The summed E-state index contributed by atoms with van der Waals surface area (Å²) in [5.41, 5.74) is 0.0650. The van der Waals surface area contributed by atoms with Crippen LogP contribution in [0.5, 0.6) is 0 Å². The Kier molecular flexibility index (Phi) is 8.68. The molecule has 0 radical (unpaired) electrons. The quantitative estimate of drug-likeness (QED) is 0.340. The highest BCUT2D eigenvalue weighted by Crippen LogP contribution is 2.30. The van der Waals surface area contributed by atoms with Crippen LogP contribution in [-0.4, -0.2) is 45.5 Å². The van der Waals surface area contributed by atoms with Gasteiger partial charge in [0.15, 0.2) is 0 Å². The number of benzene rings is 1. The molecular weight excluding hydrogens is 450 g/mol. The van der Waals surface area contributed by atoms with Crippen LogP contribution in [0.4, 0.5) is 4.79 Å². The van der Waals surface area contributed by atoms with E-state index >= 15 is 0 Å². The second kappa shape index (κ2) is 11.7. The zero-order chi connectivity index (χ0) is 25.3. The summed E-state index contributed by atoms with van der Waals surface area (Å²) in [7, 11) is 0. The van der Waals surface area contributed by atoms with Crippen molar-refractivity contribution >= 4 is 24.1 Å². The number of carbonyl (C=O) groups is 3. The predicted molar refractivity (Wildman–Crippen MR) is 129 cm³/mol. The van der Waals surface area contributed by atoms with Gasteiger partial charge in [-0.15, -0.1) is 0 Å². The zero-order valence-corrected chi connectivity index (χ0v) is 20.5. The van der Waals surface area contributed by atoms with E-state index in [1.165, 1.54) is 6.08 Å². The molecule has 2 aromatic rings. The Hall–Kier alpha value is -3.62. The average Bonchev–Trinajstić information content (AvgIpc) is 3.31. The lowest BCUT2D eigenvalue weighted by Crippen LogP contribution is -2.57. The van der Waals surface area contributed by atoms with Crippen molar-refractivity contribution in [2.75, 3.05) is 6.79 Å². The normalized spacial score (nSPS) is 15.4. The van der Waals surface area contributed by atoms with Gasteiger partial charge in [-0.05, 0) is 50.8 Å². The standard InChI is InChI=1S/C26H33N3O6/c1-25(2,3)35-24(32)28-26(13-5-4-6-14-26)23(31)34-19-33-22(30)12-11-20-7-9-21(10-8-20)17-29-16-15-27-18-29/h7-12,15-16,18H,4-6,13-14,17,19H2,1-3H3,(H,28,32)/b12-11+. The number of amides is 1. The second-order valence-corrected chi connectivity index (χ2v) is 9.59. The first kappa shape index (κ1) is 26.0. The predicted octanol–water partition coefficient (Wildman–Crippen LogP) is 4.22. The monoisotopic (exact) mass is 483 g/mol. The van der Waals surface area contributed by atoms with Gasteiger partial charge in [0.2, 0.25) is 6.79 Å². The van der Waals surface area contributed by atoms with Gasteiger partial charge in [-0.2, -0.15) is 0 Å². The molecule has 188 valence electrons. The summed E-state index contributed by atoms with van der Waals surface area (Å²) in [5, 5.41) is 2.70. The Balaban J connectivity index is 1.47. The molecule has 9 nitrogen and oxygen atoms in total. The largest absolute Gasteiger partial charge is 0.444 e. The summed E-state index contributed by atoms with van der Waals surface area (Å²) >= 11 is 0. The summed E-state index contributed by atoms with van der Waals surface area (Å²) in [6, 6.07) is 7.72. The molecule has 0 saturated heterocycles. The van der Waals surface area contributed by atoms with Crippen LogP contribution in [-0.2, 0) is 30.3 Å². The number of esters is 2. The van der Waals surface area contributed by atoms with E-state index in [1.807, 2.05) is 35.0 Å². The van der Waals surface area contributed by atoms with E-state index in [-0.39, 0.29) is 0 Å². The summed E-state index contributed by atoms with van der Waals surface area (Å²) in [6.07, 6.45) is 11.0. The lowest BCUT2D eigenvalue weighted by Gasteiger charge is -2.35. The van der Waals surface area contributed by atoms with E-state index in [4.69, 9.17) is 14.2 Å². The summed E-state index contributed by atoms with van der Waals surface area (Å²) in [6.45, 7) is 5.43. The first-order chi connectivity index (χ1) is 16.7. The van der Waals surface area contributed by atoms with Crippen molar-refractivity contribution in [1.82, 2.24) is 14.9 Å². The lowest BCUT2D eigenvalue weighted by atomic mass is 9.82. The number of hydrogen-bond donors (Lipinski definition) is 1. The van der Waals surface area contributed by atoms with E-state index in [0.717, 1.165) is 30.4 Å². The number of nitrogens with one attached hydrogen (secondary N) is 1. The number of alkyl carbamates (subject to hydrolysis) is 1. The smallest absolute Gasteiger partial charge is 0.408 e. The van der Waals surface area contributed by atoms with Crippen LogP contribution in [0.1, 0.15) is 64.0 Å². The minimum Gasteiger partial charge on any atom is -0.444 e. The molecule has 1 heterocycles. The van der Waals surface area contributed by atoms with Gasteiger partial charge in [0.1, 0.15) is 11.1 Å². The molecule has 1 aliphatic carbocycles. The number of imidazole rings is 1. The molecule has 1 N–H and O–H groups in total. The first-order valence-corrected chi connectivity index (χ1v) is 11.7. The molecule has 0 aliphatic heterocycles. The van der Waals surface area contributed by atoms with Gasteiger partial charge >= 0.3 is 18.0 Å². The Bertz CT molecular complexity index is 1020. The fraction of sp³-hybridized carbons (Fsp3) is 0.462. The van der Waals surface area contributed by atoms with Crippen LogP contribution in [0.25, 0.3) is 6.08 Å². The van der Waals surface area contributed by atoms with Gasteiger partial charge in [-0.3, -0.25) is 0 Å². The van der Waals surface area contributed by atoms with E-state index < -0.39 is 36.0 Å². The zero-order valence-electron chi connectivity index (χ0n) is 20.5. The Morgan fingerprint density at radius 1 is 1.09 bits per heavy atom. The molecule has 0 bridgehead atoms. The molecule has 1 amide bonds.